The van der Waals surface area contributed by atoms with Gasteiger partial charge in [-0.15, -0.1) is 0 Å². The van der Waals surface area contributed by atoms with Crippen molar-refractivity contribution < 1.29 is 9.47 Å². The Balaban J connectivity index is 2.53. The van der Waals surface area contributed by atoms with E-state index in [2.05, 4.69) is 20.9 Å². The summed E-state index contributed by atoms with van der Waals surface area (Å²) in [6.45, 7) is 2.52. The molecule has 0 bridgehead atoms. The average Bonchev–Trinajstić information content (AvgIpc) is 2.04. The van der Waals surface area contributed by atoms with E-state index in [1.165, 1.54) is 0 Å². The van der Waals surface area contributed by atoms with Crippen molar-refractivity contribution in [2.45, 2.75) is 13.0 Å². The molecule has 0 aromatic carbocycles. The monoisotopic (exact) mass is 245 g/mol. The fraction of sp³-hybridized carbons (Fsp3) is 0.444. The van der Waals surface area contributed by atoms with E-state index >= 15 is 0 Å². The first-order valence-corrected chi connectivity index (χ1v) is 4.78. The second-order valence-electron chi connectivity index (χ2n) is 2.72. The Kier molecular flexibility index (Phi) is 4.18. The Morgan fingerprint density at radius 2 is 2.31 bits per heavy atom. The molecule has 1 aromatic rings. The van der Waals surface area contributed by atoms with Crippen molar-refractivity contribution in [2.24, 2.45) is 0 Å². The largest absolute Gasteiger partial charge is 0.487 e. The number of hydrogen-bond donors (Lipinski definition) is 0. The van der Waals surface area contributed by atoms with Crippen molar-refractivity contribution in [3.05, 3.63) is 22.9 Å². The SMILES string of the molecule is COCC(C)Oc1cncc(Br)c1. The van der Waals surface area contributed by atoms with E-state index in [-0.39, 0.29) is 6.10 Å². The fourth-order valence-electron chi connectivity index (χ4n) is 0.958. The van der Waals surface area contributed by atoms with Gasteiger partial charge >= 0.3 is 0 Å². The zero-order valence-electron chi connectivity index (χ0n) is 7.66. The minimum Gasteiger partial charge on any atom is -0.487 e. The van der Waals surface area contributed by atoms with E-state index in [1.807, 2.05) is 13.0 Å². The van der Waals surface area contributed by atoms with Crippen LogP contribution in [0.25, 0.3) is 0 Å². The van der Waals surface area contributed by atoms with Crippen LogP contribution in [0.1, 0.15) is 6.92 Å². The predicted molar refractivity (Wildman–Crippen MR) is 53.9 cm³/mol. The molecule has 1 atom stereocenters. The molecular formula is C9H12BrNO2. The lowest BCUT2D eigenvalue weighted by Gasteiger charge is -2.12. The highest BCUT2D eigenvalue weighted by molar-refractivity contribution is 9.10. The fourth-order valence-corrected chi connectivity index (χ4v) is 1.30. The number of ether oxygens (including phenoxy) is 2. The lowest BCUT2D eigenvalue weighted by molar-refractivity contribution is 0.0918. The van der Waals surface area contributed by atoms with Crippen molar-refractivity contribution in [2.75, 3.05) is 13.7 Å². The molecule has 0 saturated heterocycles. The molecule has 1 rings (SSSR count). The number of nitrogens with zero attached hydrogens (tertiary/aromatic N) is 1. The third-order valence-electron chi connectivity index (χ3n) is 1.42. The Labute approximate surface area is 86.2 Å². The van der Waals surface area contributed by atoms with Crippen LogP contribution in [0.15, 0.2) is 22.9 Å². The van der Waals surface area contributed by atoms with Crippen LogP contribution in [-0.2, 0) is 4.74 Å². The molecule has 0 N–H and O–H groups in total. The summed E-state index contributed by atoms with van der Waals surface area (Å²) in [7, 11) is 1.65. The molecule has 1 heterocycles. The third kappa shape index (κ3) is 3.74. The van der Waals surface area contributed by atoms with Gasteiger partial charge in [-0.2, -0.15) is 0 Å². The summed E-state index contributed by atoms with van der Waals surface area (Å²) in [6, 6.07) is 1.87. The average molecular weight is 246 g/mol. The highest BCUT2D eigenvalue weighted by Gasteiger charge is 2.03. The predicted octanol–water partition coefficient (Wildman–Crippen LogP) is 2.26. The maximum Gasteiger partial charge on any atom is 0.139 e. The van der Waals surface area contributed by atoms with Gasteiger partial charge in [0.05, 0.1) is 12.8 Å². The molecule has 1 unspecified atom stereocenters. The molecular weight excluding hydrogens is 234 g/mol. The summed E-state index contributed by atoms with van der Waals surface area (Å²) < 4.78 is 11.4. The van der Waals surface area contributed by atoms with E-state index in [1.54, 1.807) is 19.5 Å². The second-order valence-corrected chi connectivity index (χ2v) is 3.64. The normalized spacial score (nSPS) is 12.5. The van der Waals surface area contributed by atoms with Crippen molar-refractivity contribution >= 4 is 15.9 Å². The minimum atomic E-state index is 0.0427. The van der Waals surface area contributed by atoms with Crippen molar-refractivity contribution in [1.29, 1.82) is 0 Å². The molecule has 0 aliphatic rings. The quantitative estimate of drug-likeness (QED) is 0.816. The minimum absolute atomic E-state index is 0.0427. The number of hydrogen-bond acceptors (Lipinski definition) is 3. The lowest BCUT2D eigenvalue weighted by atomic mass is 10.4. The van der Waals surface area contributed by atoms with E-state index in [4.69, 9.17) is 9.47 Å². The Morgan fingerprint density at radius 1 is 1.54 bits per heavy atom. The van der Waals surface area contributed by atoms with Crippen LogP contribution in [-0.4, -0.2) is 24.8 Å². The highest BCUT2D eigenvalue weighted by Crippen LogP contribution is 2.16. The second kappa shape index (κ2) is 5.19. The van der Waals surface area contributed by atoms with Crippen LogP contribution in [0.5, 0.6) is 5.75 Å². The maximum atomic E-state index is 5.52. The number of methoxy groups -OCH3 is 1. The van der Waals surface area contributed by atoms with Crippen molar-refractivity contribution in [3.8, 4) is 5.75 Å². The van der Waals surface area contributed by atoms with Crippen LogP contribution in [0.3, 0.4) is 0 Å². The number of pyridine rings is 1. The zero-order chi connectivity index (χ0) is 9.68. The van der Waals surface area contributed by atoms with Gasteiger partial charge < -0.3 is 9.47 Å². The number of rotatable bonds is 4. The smallest absolute Gasteiger partial charge is 0.139 e. The molecule has 72 valence electrons. The molecule has 13 heavy (non-hydrogen) atoms. The molecule has 0 spiro atoms. The topological polar surface area (TPSA) is 31.4 Å². The summed E-state index contributed by atoms with van der Waals surface area (Å²) in [5, 5.41) is 0. The van der Waals surface area contributed by atoms with Gasteiger partial charge in [-0.25, -0.2) is 0 Å². The first kappa shape index (κ1) is 10.5. The molecule has 1 aromatic heterocycles. The van der Waals surface area contributed by atoms with Crippen molar-refractivity contribution in [3.63, 3.8) is 0 Å². The van der Waals surface area contributed by atoms with Gasteiger partial charge in [0.1, 0.15) is 11.9 Å². The van der Waals surface area contributed by atoms with Gasteiger partial charge in [0.25, 0.3) is 0 Å². The van der Waals surface area contributed by atoms with Crippen LogP contribution < -0.4 is 4.74 Å². The summed E-state index contributed by atoms with van der Waals surface area (Å²) in [4.78, 5) is 3.98. The Morgan fingerprint density at radius 3 is 2.92 bits per heavy atom. The van der Waals surface area contributed by atoms with E-state index < -0.39 is 0 Å². The van der Waals surface area contributed by atoms with Crippen LogP contribution in [0.4, 0.5) is 0 Å². The Hall–Kier alpha value is -0.610. The van der Waals surface area contributed by atoms with E-state index in [0.717, 1.165) is 10.2 Å². The number of halogens is 1. The standard InChI is InChI=1S/C9H12BrNO2/c1-7(6-12-2)13-9-3-8(10)4-11-5-9/h3-5,7H,6H2,1-2H3. The summed E-state index contributed by atoms with van der Waals surface area (Å²) in [5.74, 6) is 0.749. The Bertz CT molecular complexity index is 268. The van der Waals surface area contributed by atoms with Gasteiger partial charge in [0.15, 0.2) is 0 Å². The van der Waals surface area contributed by atoms with E-state index in [9.17, 15) is 0 Å². The molecule has 4 heteroatoms. The van der Waals surface area contributed by atoms with Crippen molar-refractivity contribution in [1.82, 2.24) is 4.98 Å². The summed E-state index contributed by atoms with van der Waals surface area (Å²) in [6.07, 6.45) is 3.44. The third-order valence-corrected chi connectivity index (χ3v) is 1.85. The van der Waals surface area contributed by atoms with Gasteiger partial charge in [0, 0.05) is 17.8 Å². The van der Waals surface area contributed by atoms with Gasteiger partial charge in [-0.1, -0.05) is 0 Å². The van der Waals surface area contributed by atoms with Gasteiger partial charge in [0.2, 0.25) is 0 Å². The van der Waals surface area contributed by atoms with Crippen LogP contribution >= 0.6 is 15.9 Å². The molecule has 0 radical (unpaired) electrons. The molecule has 0 fully saturated rings. The first-order chi connectivity index (χ1) is 6.22. The lowest BCUT2D eigenvalue weighted by Crippen LogP contribution is -2.17. The molecule has 3 nitrogen and oxygen atoms in total. The first-order valence-electron chi connectivity index (χ1n) is 3.98. The van der Waals surface area contributed by atoms with Crippen LogP contribution in [0, 0.1) is 0 Å². The highest BCUT2D eigenvalue weighted by atomic mass is 79.9. The molecule has 0 aliphatic carbocycles. The van der Waals surface area contributed by atoms with Gasteiger partial charge in [-0.05, 0) is 28.9 Å². The zero-order valence-corrected chi connectivity index (χ0v) is 9.24. The number of aromatic nitrogens is 1. The van der Waals surface area contributed by atoms with Gasteiger partial charge in [-0.3, -0.25) is 4.98 Å². The maximum absolute atomic E-state index is 5.52. The summed E-state index contributed by atoms with van der Waals surface area (Å²) >= 11 is 3.32. The molecule has 0 aliphatic heterocycles. The summed E-state index contributed by atoms with van der Waals surface area (Å²) in [5.41, 5.74) is 0. The van der Waals surface area contributed by atoms with Crippen LogP contribution in [0.2, 0.25) is 0 Å². The van der Waals surface area contributed by atoms with E-state index in [0.29, 0.717) is 6.61 Å². The molecule has 0 saturated carbocycles. The molecule has 0 amide bonds.